The lowest BCUT2D eigenvalue weighted by Crippen LogP contribution is -2.15. The third-order valence-corrected chi connectivity index (χ3v) is 5.72. The molecule has 0 unspecified atom stereocenters. The molecule has 0 saturated heterocycles. The van der Waals surface area contributed by atoms with E-state index >= 15 is 0 Å². The van der Waals surface area contributed by atoms with Crippen molar-refractivity contribution < 1.29 is 30.8 Å². The average molecular weight is 426 g/mol. The van der Waals surface area contributed by atoms with Crippen molar-refractivity contribution in [2.24, 2.45) is 0 Å². The molecular weight excluding hydrogens is 409 g/mol. The van der Waals surface area contributed by atoms with Gasteiger partial charge in [-0.15, -0.1) is 0 Å². The van der Waals surface area contributed by atoms with E-state index in [4.69, 9.17) is 9.26 Å². The first-order valence-corrected chi connectivity index (χ1v) is 9.82. The summed E-state index contributed by atoms with van der Waals surface area (Å²) in [7, 11) is -2.97. The van der Waals surface area contributed by atoms with E-state index < -0.39 is 21.8 Å². The van der Waals surface area contributed by atoms with Crippen LogP contribution in [0.1, 0.15) is 16.8 Å². The lowest BCUT2D eigenvalue weighted by atomic mass is 10.1. The zero-order valence-electron chi connectivity index (χ0n) is 15.7. The lowest BCUT2D eigenvalue weighted by Gasteiger charge is -2.14. The quantitative estimate of drug-likeness (QED) is 0.635. The van der Waals surface area contributed by atoms with E-state index in [1.54, 1.807) is 19.9 Å². The number of hydrogen-bond acceptors (Lipinski definition) is 5. The summed E-state index contributed by atoms with van der Waals surface area (Å²) < 4.78 is 77.1. The molecule has 0 atom stereocenters. The molecule has 3 aromatic rings. The Hall–Kier alpha value is -3.01. The van der Waals surface area contributed by atoms with Gasteiger partial charge in [0.1, 0.15) is 10.6 Å². The number of aryl methyl sites for hydroxylation is 1. The predicted molar refractivity (Wildman–Crippen MR) is 100 cm³/mol. The summed E-state index contributed by atoms with van der Waals surface area (Å²) in [5.41, 5.74) is 0.644. The molecule has 10 heteroatoms. The molecule has 0 radical (unpaired) electrons. The smallest absolute Gasteiger partial charge is 0.416 e. The summed E-state index contributed by atoms with van der Waals surface area (Å²) in [6.07, 6.45) is -4.60. The van der Waals surface area contributed by atoms with Crippen LogP contribution in [0.3, 0.4) is 0 Å². The first kappa shape index (κ1) is 20.7. The maximum Gasteiger partial charge on any atom is 0.416 e. The van der Waals surface area contributed by atoms with Crippen LogP contribution in [0.5, 0.6) is 5.75 Å². The Kier molecular flexibility index (Phi) is 5.31. The Balaban J connectivity index is 2.04. The minimum absolute atomic E-state index is 0.0297. The van der Waals surface area contributed by atoms with E-state index in [1.807, 2.05) is 0 Å². The second-order valence-corrected chi connectivity index (χ2v) is 7.92. The van der Waals surface area contributed by atoms with Gasteiger partial charge >= 0.3 is 6.18 Å². The Morgan fingerprint density at radius 1 is 1.10 bits per heavy atom. The fourth-order valence-corrected chi connectivity index (χ4v) is 3.93. The largest absolute Gasteiger partial charge is 0.495 e. The van der Waals surface area contributed by atoms with Crippen molar-refractivity contribution in [2.45, 2.75) is 24.9 Å². The van der Waals surface area contributed by atoms with Crippen LogP contribution >= 0.6 is 0 Å². The second kappa shape index (κ2) is 7.43. The van der Waals surface area contributed by atoms with Gasteiger partial charge in [-0.25, -0.2) is 8.42 Å². The highest BCUT2D eigenvalue weighted by Gasteiger charge is 2.31. The molecule has 1 aromatic heterocycles. The summed E-state index contributed by atoms with van der Waals surface area (Å²) in [4.78, 5) is -0.247. The van der Waals surface area contributed by atoms with Crippen molar-refractivity contribution in [1.82, 2.24) is 5.16 Å². The van der Waals surface area contributed by atoms with E-state index in [-0.39, 0.29) is 16.3 Å². The van der Waals surface area contributed by atoms with Gasteiger partial charge in [0.2, 0.25) is 0 Å². The molecule has 1 N–H and O–H groups in total. The SMILES string of the molecule is COc1ccc(-c2onc(C)c2C)cc1S(=O)(=O)Nc1cccc(C(F)(F)F)c1. The number of anilines is 1. The second-order valence-electron chi connectivity index (χ2n) is 6.27. The number of methoxy groups -OCH3 is 1. The zero-order chi connectivity index (χ0) is 21.4. The average Bonchev–Trinajstić information content (AvgIpc) is 2.99. The maximum atomic E-state index is 12.9. The van der Waals surface area contributed by atoms with Gasteiger partial charge < -0.3 is 9.26 Å². The van der Waals surface area contributed by atoms with Crippen LogP contribution in [-0.2, 0) is 16.2 Å². The van der Waals surface area contributed by atoms with Gasteiger partial charge in [-0.1, -0.05) is 11.2 Å². The predicted octanol–water partition coefficient (Wildman–Crippen LogP) is 4.79. The summed E-state index contributed by atoms with van der Waals surface area (Å²) in [6, 6.07) is 8.29. The number of halogens is 3. The zero-order valence-corrected chi connectivity index (χ0v) is 16.5. The van der Waals surface area contributed by atoms with Crippen LogP contribution in [-0.4, -0.2) is 20.7 Å². The van der Waals surface area contributed by atoms with Gasteiger partial charge in [0.15, 0.2) is 5.76 Å². The highest BCUT2D eigenvalue weighted by Crippen LogP contribution is 2.34. The van der Waals surface area contributed by atoms with Gasteiger partial charge in [-0.2, -0.15) is 13.2 Å². The highest BCUT2D eigenvalue weighted by atomic mass is 32.2. The fraction of sp³-hybridized carbons (Fsp3) is 0.211. The van der Waals surface area contributed by atoms with Gasteiger partial charge in [0, 0.05) is 16.8 Å². The number of benzene rings is 2. The molecule has 3 rings (SSSR count). The molecule has 0 spiro atoms. The first-order chi connectivity index (χ1) is 13.5. The molecule has 1 heterocycles. The standard InChI is InChI=1S/C19H17F3N2O4S/c1-11-12(2)23-28-18(11)13-7-8-16(27-3)17(9-13)29(25,26)24-15-6-4-5-14(10-15)19(20,21)22/h4-10,24H,1-3H3. The Morgan fingerprint density at radius 2 is 1.83 bits per heavy atom. The van der Waals surface area contributed by atoms with Crippen molar-refractivity contribution in [1.29, 1.82) is 0 Å². The number of nitrogens with zero attached hydrogens (tertiary/aromatic N) is 1. The van der Waals surface area contributed by atoms with Crippen molar-refractivity contribution in [3.63, 3.8) is 0 Å². The minimum Gasteiger partial charge on any atom is -0.495 e. The van der Waals surface area contributed by atoms with Gasteiger partial charge in [-0.3, -0.25) is 4.72 Å². The number of alkyl halides is 3. The molecule has 6 nitrogen and oxygen atoms in total. The third-order valence-electron chi connectivity index (χ3n) is 4.31. The monoisotopic (exact) mass is 426 g/mol. The normalized spacial score (nSPS) is 12.1. The van der Waals surface area contributed by atoms with Crippen molar-refractivity contribution in [3.05, 3.63) is 59.3 Å². The van der Waals surface area contributed by atoms with Crippen molar-refractivity contribution in [2.75, 3.05) is 11.8 Å². The molecule has 0 aliphatic rings. The van der Waals surface area contributed by atoms with Crippen molar-refractivity contribution >= 4 is 15.7 Å². The molecule has 154 valence electrons. The molecule has 0 amide bonds. The molecule has 0 aliphatic heterocycles. The van der Waals surface area contributed by atoms with Crippen molar-refractivity contribution in [3.8, 4) is 17.1 Å². The van der Waals surface area contributed by atoms with Crippen LogP contribution in [0.4, 0.5) is 18.9 Å². The van der Waals surface area contributed by atoms with E-state index in [2.05, 4.69) is 9.88 Å². The summed E-state index contributed by atoms with van der Waals surface area (Å²) in [5, 5.41) is 3.85. The lowest BCUT2D eigenvalue weighted by molar-refractivity contribution is -0.137. The summed E-state index contributed by atoms with van der Waals surface area (Å²) in [6.45, 7) is 3.53. The van der Waals surface area contributed by atoms with Gasteiger partial charge in [-0.05, 0) is 50.2 Å². The number of nitrogens with one attached hydrogen (secondary N) is 1. The van der Waals surface area contributed by atoms with Crippen LogP contribution < -0.4 is 9.46 Å². The Morgan fingerprint density at radius 3 is 2.41 bits per heavy atom. The van der Waals surface area contributed by atoms with Gasteiger partial charge in [0.25, 0.3) is 10.0 Å². The molecule has 2 aromatic carbocycles. The van der Waals surface area contributed by atoms with Crippen LogP contribution in [0.15, 0.2) is 51.9 Å². The highest BCUT2D eigenvalue weighted by molar-refractivity contribution is 7.92. The van der Waals surface area contributed by atoms with E-state index in [9.17, 15) is 21.6 Å². The maximum absolute atomic E-state index is 12.9. The van der Waals surface area contributed by atoms with Crippen LogP contribution in [0.2, 0.25) is 0 Å². The number of sulfonamides is 1. The number of rotatable bonds is 5. The molecule has 0 saturated carbocycles. The molecular formula is C19H17F3N2O4S. The molecule has 29 heavy (non-hydrogen) atoms. The third kappa shape index (κ3) is 4.21. The van der Waals surface area contributed by atoms with E-state index in [0.717, 1.165) is 23.8 Å². The summed E-state index contributed by atoms with van der Waals surface area (Å²) >= 11 is 0. The van der Waals surface area contributed by atoms with Crippen LogP contribution in [0.25, 0.3) is 11.3 Å². The minimum atomic E-state index is -4.60. The fourth-order valence-electron chi connectivity index (χ4n) is 2.68. The summed E-state index contributed by atoms with van der Waals surface area (Å²) in [5.74, 6) is 0.419. The topological polar surface area (TPSA) is 81.4 Å². The Labute approximate surface area is 165 Å². The first-order valence-electron chi connectivity index (χ1n) is 8.34. The molecule has 0 aliphatic carbocycles. The Bertz CT molecular complexity index is 1150. The number of aromatic nitrogens is 1. The molecule has 0 bridgehead atoms. The van der Waals surface area contributed by atoms with Gasteiger partial charge in [0.05, 0.1) is 18.4 Å². The number of hydrogen-bond donors (Lipinski definition) is 1. The number of ether oxygens (including phenoxy) is 1. The molecule has 0 fully saturated rings. The van der Waals surface area contributed by atoms with E-state index in [0.29, 0.717) is 17.0 Å². The van der Waals surface area contributed by atoms with E-state index in [1.165, 1.54) is 25.3 Å². The van der Waals surface area contributed by atoms with Crippen LogP contribution in [0, 0.1) is 13.8 Å².